The minimum absolute atomic E-state index is 0.0487. The van der Waals surface area contributed by atoms with Gasteiger partial charge in [0, 0.05) is 12.8 Å². The van der Waals surface area contributed by atoms with Crippen molar-refractivity contribution in [2.45, 2.75) is 18.7 Å². The van der Waals surface area contributed by atoms with E-state index in [9.17, 15) is 23.1 Å². The summed E-state index contributed by atoms with van der Waals surface area (Å²) in [7, 11) is -1.10. The second-order valence-electron chi connectivity index (χ2n) is 6.75. The van der Waals surface area contributed by atoms with Gasteiger partial charge < -0.3 is 20.0 Å². The molecule has 2 aromatic carbocycles. The summed E-state index contributed by atoms with van der Waals surface area (Å²) >= 11 is 0. The maximum atomic E-state index is 13.0. The SMILES string of the molecule is COc1ccccc1N(C)S(=O)(=O)c1ccc(C(=O)OC/C(O)=C(\C(C)=N)C(C)=O)cc1. The molecule has 0 radical (unpaired) electrons. The lowest BCUT2D eigenvalue weighted by molar-refractivity contribution is -0.113. The molecule has 170 valence electrons. The Hall–Kier alpha value is -3.66. The molecule has 0 saturated heterocycles. The molecule has 0 atom stereocenters. The molecule has 0 saturated carbocycles. The van der Waals surface area contributed by atoms with E-state index in [2.05, 4.69) is 0 Å². The zero-order valence-corrected chi connectivity index (χ0v) is 18.9. The van der Waals surface area contributed by atoms with E-state index in [1.165, 1.54) is 52.3 Å². The van der Waals surface area contributed by atoms with E-state index in [0.717, 1.165) is 4.31 Å². The molecule has 32 heavy (non-hydrogen) atoms. The monoisotopic (exact) mass is 460 g/mol. The summed E-state index contributed by atoms with van der Waals surface area (Å²) in [6, 6.07) is 11.7. The molecule has 2 rings (SSSR count). The fourth-order valence-corrected chi connectivity index (χ4v) is 4.12. The summed E-state index contributed by atoms with van der Waals surface area (Å²) in [6.45, 7) is 1.92. The molecule has 0 heterocycles. The fourth-order valence-electron chi connectivity index (χ4n) is 2.91. The molecule has 2 aromatic rings. The van der Waals surface area contributed by atoms with Crippen molar-refractivity contribution in [3.05, 3.63) is 65.4 Å². The number of anilines is 1. The topological polar surface area (TPSA) is 134 Å². The van der Waals surface area contributed by atoms with E-state index in [1.807, 2.05) is 0 Å². The van der Waals surface area contributed by atoms with Crippen LogP contribution < -0.4 is 9.04 Å². The molecule has 0 bridgehead atoms. The van der Waals surface area contributed by atoms with Crippen LogP contribution in [0.15, 0.2) is 64.8 Å². The van der Waals surface area contributed by atoms with E-state index >= 15 is 0 Å². The Kier molecular flexibility index (Phi) is 7.77. The number of ether oxygens (including phenoxy) is 2. The van der Waals surface area contributed by atoms with Crippen LogP contribution in [0, 0.1) is 5.41 Å². The molecule has 0 aromatic heterocycles. The van der Waals surface area contributed by atoms with Crippen molar-refractivity contribution in [2.24, 2.45) is 0 Å². The summed E-state index contributed by atoms with van der Waals surface area (Å²) < 4.78 is 37.2. The lowest BCUT2D eigenvalue weighted by Crippen LogP contribution is -2.27. The standard InChI is InChI=1S/C22H24N2O7S/c1-14(23)21(15(2)25)19(26)13-31-22(27)16-9-11-17(12-10-16)32(28,29)24(3)18-7-5-6-8-20(18)30-4/h5-12,23,26H,13H2,1-4H3/b21-19-,23-14?. The molecule has 0 amide bonds. The van der Waals surface area contributed by atoms with Crippen molar-refractivity contribution < 1.29 is 32.6 Å². The van der Waals surface area contributed by atoms with Gasteiger partial charge in [0.2, 0.25) is 0 Å². The highest BCUT2D eigenvalue weighted by molar-refractivity contribution is 7.92. The average Bonchev–Trinajstić information content (AvgIpc) is 2.76. The fraction of sp³-hybridized carbons (Fsp3) is 0.227. The number of esters is 1. The number of aliphatic hydroxyl groups excluding tert-OH is 1. The molecule has 0 fully saturated rings. The minimum atomic E-state index is -3.93. The number of para-hydroxylation sites is 2. The summed E-state index contributed by atoms with van der Waals surface area (Å²) in [5, 5.41) is 17.5. The van der Waals surface area contributed by atoms with Gasteiger partial charge in [-0.3, -0.25) is 9.10 Å². The number of benzene rings is 2. The molecular formula is C22H24N2O7S. The quantitative estimate of drug-likeness (QED) is 0.254. The first kappa shape index (κ1) is 24.6. The third-order valence-corrected chi connectivity index (χ3v) is 6.31. The van der Waals surface area contributed by atoms with Crippen LogP contribution in [-0.4, -0.2) is 51.8 Å². The van der Waals surface area contributed by atoms with Gasteiger partial charge in [0.1, 0.15) is 18.1 Å². The lowest BCUT2D eigenvalue weighted by Gasteiger charge is -2.21. The average molecular weight is 461 g/mol. The van der Waals surface area contributed by atoms with E-state index in [0.29, 0.717) is 11.4 Å². The first-order chi connectivity index (χ1) is 15.0. The third kappa shape index (κ3) is 5.33. The predicted molar refractivity (Wildman–Crippen MR) is 119 cm³/mol. The van der Waals surface area contributed by atoms with Crippen LogP contribution in [0.3, 0.4) is 0 Å². The van der Waals surface area contributed by atoms with E-state index in [4.69, 9.17) is 14.9 Å². The Morgan fingerprint density at radius 2 is 1.66 bits per heavy atom. The van der Waals surface area contributed by atoms with Gasteiger partial charge >= 0.3 is 5.97 Å². The number of carbonyl (C=O) groups excluding carboxylic acids is 2. The summed E-state index contributed by atoms with van der Waals surface area (Å²) in [5.74, 6) is -1.50. The highest BCUT2D eigenvalue weighted by Crippen LogP contribution is 2.30. The maximum Gasteiger partial charge on any atom is 0.338 e. The van der Waals surface area contributed by atoms with Gasteiger partial charge in [-0.25, -0.2) is 13.2 Å². The zero-order valence-electron chi connectivity index (χ0n) is 18.1. The van der Waals surface area contributed by atoms with Crippen LogP contribution in [-0.2, 0) is 19.6 Å². The van der Waals surface area contributed by atoms with E-state index in [1.54, 1.807) is 24.3 Å². The minimum Gasteiger partial charge on any atom is -0.508 e. The van der Waals surface area contributed by atoms with Crippen LogP contribution in [0.5, 0.6) is 5.75 Å². The highest BCUT2D eigenvalue weighted by Gasteiger charge is 2.24. The Balaban J connectivity index is 2.20. The molecule has 2 N–H and O–H groups in total. The predicted octanol–water partition coefficient (Wildman–Crippen LogP) is 3.12. The van der Waals surface area contributed by atoms with E-state index in [-0.39, 0.29) is 21.7 Å². The van der Waals surface area contributed by atoms with Crippen molar-refractivity contribution in [3.8, 4) is 5.75 Å². The van der Waals surface area contributed by atoms with Gasteiger partial charge in [0.15, 0.2) is 5.78 Å². The van der Waals surface area contributed by atoms with Gasteiger partial charge in [-0.15, -0.1) is 0 Å². The summed E-state index contributed by atoms with van der Waals surface area (Å²) in [4.78, 5) is 23.7. The number of aliphatic hydroxyl groups is 1. The number of Topliss-reactive ketones (excluding diaryl/α,β-unsaturated/α-hetero) is 1. The van der Waals surface area contributed by atoms with Gasteiger partial charge in [0.25, 0.3) is 10.0 Å². The molecule has 0 unspecified atom stereocenters. The van der Waals surface area contributed by atoms with E-state index < -0.39 is 34.1 Å². The molecule has 0 aliphatic rings. The molecule has 0 aliphatic carbocycles. The number of sulfonamides is 1. The molecule has 0 spiro atoms. The summed E-state index contributed by atoms with van der Waals surface area (Å²) in [5.41, 5.74) is 0.0227. The Bertz CT molecular complexity index is 1150. The van der Waals surface area contributed by atoms with Crippen molar-refractivity contribution in [2.75, 3.05) is 25.1 Å². The molecule has 0 aliphatic heterocycles. The smallest absolute Gasteiger partial charge is 0.338 e. The Morgan fingerprint density at radius 3 is 2.19 bits per heavy atom. The van der Waals surface area contributed by atoms with Crippen molar-refractivity contribution in [1.82, 2.24) is 0 Å². The zero-order chi connectivity index (χ0) is 24.1. The van der Waals surface area contributed by atoms with Crippen LogP contribution in [0.4, 0.5) is 5.69 Å². The summed E-state index contributed by atoms with van der Waals surface area (Å²) in [6.07, 6.45) is 0. The third-order valence-electron chi connectivity index (χ3n) is 4.53. The molecule has 9 nitrogen and oxygen atoms in total. The van der Waals surface area contributed by atoms with Gasteiger partial charge in [-0.05, 0) is 50.2 Å². The van der Waals surface area contributed by atoms with Gasteiger partial charge in [-0.1, -0.05) is 12.1 Å². The number of methoxy groups -OCH3 is 1. The van der Waals surface area contributed by atoms with Crippen LogP contribution in [0.1, 0.15) is 24.2 Å². The van der Waals surface area contributed by atoms with Gasteiger partial charge in [-0.2, -0.15) is 0 Å². The number of rotatable bonds is 9. The second-order valence-corrected chi connectivity index (χ2v) is 8.72. The first-order valence-electron chi connectivity index (χ1n) is 9.38. The van der Waals surface area contributed by atoms with Crippen LogP contribution >= 0.6 is 0 Å². The maximum absolute atomic E-state index is 13.0. The van der Waals surface area contributed by atoms with Crippen molar-refractivity contribution >= 4 is 33.2 Å². The lowest BCUT2D eigenvalue weighted by atomic mass is 10.1. The number of ketones is 1. The number of carbonyl (C=O) groups is 2. The highest BCUT2D eigenvalue weighted by atomic mass is 32.2. The number of nitrogens with zero attached hydrogens (tertiary/aromatic N) is 1. The first-order valence-corrected chi connectivity index (χ1v) is 10.8. The molecule has 10 heteroatoms. The number of nitrogens with one attached hydrogen (secondary N) is 1. The number of hydrogen-bond acceptors (Lipinski definition) is 8. The molecular weight excluding hydrogens is 436 g/mol. The second kappa shape index (κ2) is 10.1. The van der Waals surface area contributed by atoms with Crippen molar-refractivity contribution in [3.63, 3.8) is 0 Å². The number of hydrogen-bond donors (Lipinski definition) is 2. The largest absolute Gasteiger partial charge is 0.508 e. The Labute approximate surface area is 186 Å². The number of allylic oxidation sites excluding steroid dienone is 1. The Morgan fingerprint density at radius 1 is 1.06 bits per heavy atom. The van der Waals surface area contributed by atoms with Crippen molar-refractivity contribution in [1.29, 1.82) is 5.41 Å². The van der Waals surface area contributed by atoms with Crippen LogP contribution in [0.2, 0.25) is 0 Å². The van der Waals surface area contributed by atoms with Crippen LogP contribution in [0.25, 0.3) is 0 Å². The normalized spacial score (nSPS) is 11.9. The van der Waals surface area contributed by atoms with Gasteiger partial charge in [0.05, 0.1) is 28.8 Å².